The van der Waals surface area contributed by atoms with Crippen molar-refractivity contribution in [2.45, 2.75) is 0 Å². The van der Waals surface area contributed by atoms with Crippen LogP contribution in [0.3, 0.4) is 0 Å². The molecule has 1 saturated heterocycles. The Labute approximate surface area is 159 Å². The largest absolute Gasteiger partial charge is 0.508 e. The van der Waals surface area contributed by atoms with Gasteiger partial charge in [-0.2, -0.15) is 5.10 Å². The van der Waals surface area contributed by atoms with Crippen LogP contribution in [0.1, 0.15) is 11.3 Å². The number of phenolic OH excluding ortho intramolecular Hbond substituents is 1. The Hall–Kier alpha value is -3.05. The molecule has 3 aromatic rings. The number of nitrogens with one attached hydrogen (secondary N) is 1. The zero-order valence-electron chi connectivity index (χ0n) is 15.5. The molecular weight excluding hydrogens is 336 g/mol. The fourth-order valence-corrected chi connectivity index (χ4v) is 3.27. The van der Waals surface area contributed by atoms with Crippen LogP contribution in [0, 0.1) is 0 Å². The summed E-state index contributed by atoms with van der Waals surface area (Å²) in [6, 6.07) is 17.8. The maximum atomic E-state index is 9.35. The molecule has 1 aliphatic heterocycles. The van der Waals surface area contributed by atoms with Crippen LogP contribution in [-0.4, -0.2) is 53.4 Å². The molecule has 0 bridgehead atoms. The molecule has 1 fully saturated rings. The van der Waals surface area contributed by atoms with Gasteiger partial charge in [0.25, 0.3) is 0 Å². The Morgan fingerprint density at radius 3 is 2.52 bits per heavy atom. The first-order valence-electron chi connectivity index (χ1n) is 9.24. The molecule has 5 nitrogen and oxygen atoms in total. The third-order valence-electron chi connectivity index (χ3n) is 4.96. The molecule has 0 amide bonds. The lowest BCUT2D eigenvalue weighted by Crippen LogP contribution is -2.44. The number of hydrogen-bond acceptors (Lipinski definition) is 4. The molecule has 1 aromatic heterocycles. The molecule has 27 heavy (non-hydrogen) atoms. The van der Waals surface area contributed by atoms with E-state index < -0.39 is 0 Å². The monoisotopic (exact) mass is 360 g/mol. The first kappa shape index (κ1) is 17.4. The van der Waals surface area contributed by atoms with E-state index in [0.29, 0.717) is 0 Å². The van der Waals surface area contributed by atoms with E-state index in [1.807, 2.05) is 24.3 Å². The Balaban J connectivity index is 1.49. The van der Waals surface area contributed by atoms with Crippen LogP contribution in [0.15, 0.2) is 54.6 Å². The van der Waals surface area contributed by atoms with E-state index in [1.165, 1.54) is 5.69 Å². The molecule has 138 valence electrons. The van der Waals surface area contributed by atoms with Crippen LogP contribution < -0.4 is 4.90 Å². The lowest BCUT2D eigenvalue weighted by molar-refractivity contribution is 0.313. The summed E-state index contributed by atoms with van der Waals surface area (Å²) in [6.07, 6.45) is 3.99. The lowest BCUT2D eigenvalue weighted by Gasteiger charge is -2.34. The molecule has 2 heterocycles. The number of H-pyrrole nitrogens is 1. The Morgan fingerprint density at radius 2 is 1.74 bits per heavy atom. The van der Waals surface area contributed by atoms with Crippen molar-refractivity contribution in [3.63, 3.8) is 0 Å². The van der Waals surface area contributed by atoms with Crippen molar-refractivity contribution in [3.8, 4) is 17.0 Å². The Bertz CT molecular complexity index is 921. The topological polar surface area (TPSA) is 55.4 Å². The molecule has 0 atom stereocenters. The number of aromatic amines is 1. The van der Waals surface area contributed by atoms with Gasteiger partial charge in [-0.15, -0.1) is 0 Å². The summed E-state index contributed by atoms with van der Waals surface area (Å²) in [6.45, 7) is 4.31. The predicted octanol–water partition coefficient (Wildman–Crippen LogP) is 3.70. The van der Waals surface area contributed by atoms with Crippen molar-refractivity contribution >= 4 is 17.8 Å². The number of anilines is 1. The highest BCUT2D eigenvalue weighted by Gasteiger charge is 2.15. The van der Waals surface area contributed by atoms with Gasteiger partial charge in [0.15, 0.2) is 0 Å². The maximum absolute atomic E-state index is 9.35. The molecule has 0 saturated carbocycles. The summed E-state index contributed by atoms with van der Waals surface area (Å²) in [5, 5.41) is 16.9. The zero-order valence-corrected chi connectivity index (χ0v) is 15.5. The molecule has 1 aliphatic rings. The fourth-order valence-electron chi connectivity index (χ4n) is 3.27. The van der Waals surface area contributed by atoms with Gasteiger partial charge in [0.1, 0.15) is 5.75 Å². The van der Waals surface area contributed by atoms with Gasteiger partial charge < -0.3 is 14.9 Å². The smallest absolute Gasteiger partial charge is 0.115 e. The van der Waals surface area contributed by atoms with Crippen LogP contribution in [0.5, 0.6) is 5.75 Å². The van der Waals surface area contributed by atoms with Gasteiger partial charge in [0, 0.05) is 37.4 Å². The average molecular weight is 360 g/mol. The number of likely N-dealkylation sites (N-methyl/N-ethyl adjacent to an activating group) is 1. The minimum absolute atomic E-state index is 0.274. The van der Waals surface area contributed by atoms with Crippen LogP contribution in [0.4, 0.5) is 5.69 Å². The number of hydrogen-bond donors (Lipinski definition) is 2. The van der Waals surface area contributed by atoms with Gasteiger partial charge in [-0.3, -0.25) is 5.10 Å². The van der Waals surface area contributed by atoms with Gasteiger partial charge in [0.05, 0.1) is 11.4 Å². The van der Waals surface area contributed by atoms with Crippen molar-refractivity contribution in [2.24, 2.45) is 0 Å². The number of aromatic hydroxyl groups is 1. The van der Waals surface area contributed by atoms with E-state index in [4.69, 9.17) is 0 Å². The summed E-state index contributed by atoms with van der Waals surface area (Å²) < 4.78 is 0. The van der Waals surface area contributed by atoms with Crippen molar-refractivity contribution < 1.29 is 5.11 Å². The van der Waals surface area contributed by atoms with Crippen LogP contribution in [0.2, 0.25) is 0 Å². The summed E-state index contributed by atoms with van der Waals surface area (Å²) in [5.74, 6) is 0.274. The molecule has 4 rings (SSSR count). The van der Waals surface area contributed by atoms with Gasteiger partial charge >= 0.3 is 0 Å². The van der Waals surface area contributed by atoms with E-state index in [1.54, 1.807) is 12.1 Å². The summed E-state index contributed by atoms with van der Waals surface area (Å²) in [4.78, 5) is 4.79. The molecule has 0 spiro atoms. The third-order valence-corrected chi connectivity index (χ3v) is 4.96. The first-order valence-corrected chi connectivity index (χ1v) is 9.24. The standard InChI is InChI=1S/C22H24N4O/c1-25-11-13-26(14-12-25)20-4-2-3-18(15-20)22-16-19(23-24-22)8-5-17-6-9-21(27)10-7-17/h2-10,15-16,27H,11-14H2,1H3,(H,23,24)/b8-5+. The number of piperazine rings is 1. The summed E-state index contributed by atoms with van der Waals surface area (Å²) >= 11 is 0. The lowest BCUT2D eigenvalue weighted by atomic mass is 10.1. The van der Waals surface area contributed by atoms with Gasteiger partial charge in [0.2, 0.25) is 0 Å². The fraction of sp³-hybridized carbons (Fsp3) is 0.227. The van der Waals surface area contributed by atoms with Crippen molar-refractivity contribution in [1.29, 1.82) is 0 Å². The van der Waals surface area contributed by atoms with Crippen LogP contribution in [0.25, 0.3) is 23.4 Å². The van der Waals surface area contributed by atoms with Crippen LogP contribution in [-0.2, 0) is 0 Å². The molecular formula is C22H24N4O. The second-order valence-corrected chi connectivity index (χ2v) is 6.97. The van der Waals surface area contributed by atoms with Gasteiger partial charge in [-0.05, 0) is 49.0 Å². The highest BCUT2D eigenvalue weighted by atomic mass is 16.3. The van der Waals surface area contributed by atoms with Crippen molar-refractivity contribution in [2.75, 3.05) is 38.1 Å². The molecule has 2 N–H and O–H groups in total. The first-order chi connectivity index (χ1) is 13.2. The normalized spacial score (nSPS) is 15.5. The molecule has 0 radical (unpaired) electrons. The van der Waals surface area contributed by atoms with Crippen LogP contribution >= 0.6 is 0 Å². The molecule has 0 unspecified atom stereocenters. The van der Waals surface area contributed by atoms with E-state index in [2.05, 4.69) is 57.4 Å². The number of benzene rings is 2. The summed E-state index contributed by atoms with van der Waals surface area (Å²) in [5.41, 5.74) is 5.29. The van der Waals surface area contributed by atoms with E-state index in [9.17, 15) is 5.11 Å². The Kier molecular flexibility index (Phi) is 4.94. The number of aromatic nitrogens is 2. The zero-order chi connectivity index (χ0) is 18.6. The minimum Gasteiger partial charge on any atom is -0.508 e. The SMILES string of the molecule is CN1CCN(c2cccc(-c3cc(/C=C/c4ccc(O)cc4)[nH]n3)c2)CC1. The third kappa shape index (κ3) is 4.20. The van der Waals surface area contributed by atoms with Gasteiger partial charge in [-0.1, -0.05) is 30.3 Å². The van der Waals surface area contributed by atoms with Gasteiger partial charge in [-0.25, -0.2) is 0 Å². The summed E-state index contributed by atoms with van der Waals surface area (Å²) in [7, 11) is 2.17. The van der Waals surface area contributed by atoms with Crippen molar-refractivity contribution in [3.05, 3.63) is 65.9 Å². The highest BCUT2D eigenvalue weighted by molar-refractivity contribution is 5.72. The quantitative estimate of drug-likeness (QED) is 0.745. The predicted molar refractivity (Wildman–Crippen MR) is 111 cm³/mol. The van der Waals surface area contributed by atoms with E-state index in [0.717, 1.165) is 48.7 Å². The number of phenols is 1. The Morgan fingerprint density at radius 1 is 0.963 bits per heavy atom. The molecule has 2 aromatic carbocycles. The molecule has 5 heteroatoms. The number of nitrogens with zero attached hydrogens (tertiary/aromatic N) is 3. The minimum atomic E-state index is 0.274. The molecule has 0 aliphatic carbocycles. The maximum Gasteiger partial charge on any atom is 0.115 e. The average Bonchev–Trinajstić information content (AvgIpc) is 3.17. The highest BCUT2D eigenvalue weighted by Crippen LogP contribution is 2.25. The second-order valence-electron chi connectivity index (χ2n) is 6.97. The van der Waals surface area contributed by atoms with E-state index >= 15 is 0 Å². The number of rotatable bonds is 4. The van der Waals surface area contributed by atoms with E-state index in [-0.39, 0.29) is 5.75 Å². The second kappa shape index (κ2) is 7.68. The van der Waals surface area contributed by atoms with Crippen molar-refractivity contribution in [1.82, 2.24) is 15.1 Å².